The third-order valence-corrected chi connectivity index (χ3v) is 8.67. The highest BCUT2D eigenvalue weighted by Crippen LogP contribution is 2.33. The fourth-order valence-electron chi connectivity index (χ4n) is 5.75. The summed E-state index contributed by atoms with van der Waals surface area (Å²) in [4.78, 5) is 6.61. The predicted molar refractivity (Wildman–Crippen MR) is 173 cm³/mol. The van der Waals surface area contributed by atoms with Crippen molar-refractivity contribution in [2.45, 2.75) is 38.8 Å². The molecule has 0 bridgehead atoms. The van der Waals surface area contributed by atoms with Crippen molar-refractivity contribution in [2.75, 3.05) is 13.1 Å². The van der Waals surface area contributed by atoms with Crippen molar-refractivity contribution in [3.8, 4) is 5.75 Å². The maximum atomic E-state index is 6.33. The van der Waals surface area contributed by atoms with E-state index in [1.165, 1.54) is 43.5 Å². The van der Waals surface area contributed by atoms with E-state index in [1.807, 2.05) is 31.2 Å². The van der Waals surface area contributed by atoms with Gasteiger partial charge in [-0.25, -0.2) is 0 Å². The van der Waals surface area contributed by atoms with E-state index in [1.54, 1.807) is 12.4 Å². The van der Waals surface area contributed by atoms with Crippen molar-refractivity contribution in [3.63, 3.8) is 0 Å². The van der Waals surface area contributed by atoms with E-state index < -0.39 is 0 Å². The first-order valence-electron chi connectivity index (χ1n) is 14.5. The van der Waals surface area contributed by atoms with Crippen LogP contribution in [0.5, 0.6) is 5.75 Å². The standard InChI is InChI=1S/C35H34Cl2N4O/c1-24(35-31(36)21-38-22-32(35)37)42-29-12-14-34-30(20-29)33(39-40-34)13-11-25-7-9-28(10-8-25)23-41-17-15-27(16-18-41)19-26-5-3-2-4-6-26/h2-14,20-22,24,27H,15-19,23H2,1H3,(H,39,40)/b13-11+. The molecule has 5 aromatic rings. The molecule has 0 radical (unpaired) electrons. The number of rotatable bonds is 9. The predicted octanol–water partition coefficient (Wildman–Crippen LogP) is 9.03. The molecule has 3 heterocycles. The van der Waals surface area contributed by atoms with E-state index in [9.17, 15) is 0 Å². The largest absolute Gasteiger partial charge is 0.486 e. The van der Waals surface area contributed by atoms with Gasteiger partial charge in [0.2, 0.25) is 0 Å². The Morgan fingerprint density at radius 1 is 0.929 bits per heavy atom. The van der Waals surface area contributed by atoms with E-state index in [0.717, 1.165) is 40.2 Å². The molecule has 214 valence electrons. The quantitative estimate of drug-likeness (QED) is 0.184. The van der Waals surface area contributed by atoms with E-state index >= 15 is 0 Å². The number of hydrogen-bond donors (Lipinski definition) is 1. The number of benzene rings is 3. The second kappa shape index (κ2) is 13.1. The number of piperidine rings is 1. The van der Waals surface area contributed by atoms with E-state index in [0.29, 0.717) is 15.8 Å². The lowest BCUT2D eigenvalue weighted by Gasteiger charge is -2.32. The Morgan fingerprint density at radius 2 is 1.67 bits per heavy atom. The molecule has 1 aliphatic rings. The molecule has 1 N–H and O–H groups in total. The summed E-state index contributed by atoms with van der Waals surface area (Å²) < 4.78 is 6.20. The average molecular weight is 598 g/mol. The number of fused-ring (bicyclic) bond motifs is 1. The summed E-state index contributed by atoms with van der Waals surface area (Å²) in [7, 11) is 0. The van der Waals surface area contributed by atoms with Gasteiger partial charge in [-0.15, -0.1) is 0 Å². The molecule has 42 heavy (non-hydrogen) atoms. The average Bonchev–Trinajstić information content (AvgIpc) is 3.40. The minimum atomic E-state index is -0.337. The highest BCUT2D eigenvalue weighted by molar-refractivity contribution is 6.35. The third-order valence-electron chi connectivity index (χ3n) is 8.07. The van der Waals surface area contributed by atoms with Gasteiger partial charge < -0.3 is 4.74 Å². The number of pyridine rings is 1. The third kappa shape index (κ3) is 6.87. The van der Waals surface area contributed by atoms with Crippen LogP contribution in [0.4, 0.5) is 0 Å². The highest BCUT2D eigenvalue weighted by atomic mass is 35.5. The molecule has 6 rings (SSSR count). The minimum absolute atomic E-state index is 0.337. The van der Waals surface area contributed by atoms with Crippen LogP contribution in [-0.2, 0) is 13.0 Å². The fraction of sp³-hybridized carbons (Fsp3) is 0.257. The normalized spacial score (nSPS) is 15.4. The van der Waals surface area contributed by atoms with Crippen LogP contribution in [0.15, 0.2) is 85.2 Å². The van der Waals surface area contributed by atoms with Crippen LogP contribution in [0.25, 0.3) is 23.1 Å². The van der Waals surface area contributed by atoms with Gasteiger partial charge in [0.15, 0.2) is 0 Å². The molecule has 1 atom stereocenters. The molecule has 0 aliphatic carbocycles. The highest BCUT2D eigenvalue weighted by Gasteiger charge is 2.20. The van der Waals surface area contributed by atoms with Gasteiger partial charge in [0.1, 0.15) is 11.9 Å². The molecule has 2 aromatic heterocycles. The number of ether oxygens (including phenoxy) is 1. The first-order valence-corrected chi connectivity index (χ1v) is 15.2. The van der Waals surface area contributed by atoms with E-state index in [4.69, 9.17) is 27.9 Å². The molecular formula is C35H34Cl2N4O. The molecule has 0 saturated carbocycles. The lowest BCUT2D eigenvalue weighted by atomic mass is 9.90. The van der Waals surface area contributed by atoms with Gasteiger partial charge in [0, 0.05) is 29.9 Å². The summed E-state index contributed by atoms with van der Waals surface area (Å²) in [5.74, 6) is 1.50. The number of halogens is 2. The topological polar surface area (TPSA) is 54.0 Å². The van der Waals surface area contributed by atoms with Crippen LogP contribution in [0, 0.1) is 5.92 Å². The number of hydrogen-bond acceptors (Lipinski definition) is 4. The molecule has 1 aliphatic heterocycles. The zero-order valence-corrected chi connectivity index (χ0v) is 25.2. The van der Waals surface area contributed by atoms with Gasteiger partial charge in [-0.1, -0.05) is 83.9 Å². The second-order valence-corrected chi connectivity index (χ2v) is 11.9. The van der Waals surface area contributed by atoms with Crippen molar-refractivity contribution >= 4 is 46.3 Å². The monoisotopic (exact) mass is 596 g/mol. The Kier molecular flexibility index (Phi) is 8.90. The van der Waals surface area contributed by atoms with Gasteiger partial charge in [-0.05, 0) is 86.2 Å². The number of aromatic amines is 1. The number of nitrogens with one attached hydrogen (secondary N) is 1. The van der Waals surface area contributed by atoms with Gasteiger partial charge >= 0.3 is 0 Å². The number of H-pyrrole nitrogens is 1. The van der Waals surface area contributed by atoms with Gasteiger partial charge in [-0.2, -0.15) is 5.10 Å². The minimum Gasteiger partial charge on any atom is -0.486 e. The number of aromatic nitrogens is 3. The summed E-state index contributed by atoms with van der Waals surface area (Å²) in [5.41, 5.74) is 6.46. The lowest BCUT2D eigenvalue weighted by molar-refractivity contribution is 0.177. The van der Waals surface area contributed by atoms with E-state index in [-0.39, 0.29) is 6.10 Å². The van der Waals surface area contributed by atoms with Gasteiger partial charge in [-0.3, -0.25) is 15.0 Å². The number of likely N-dealkylation sites (tertiary alicyclic amines) is 1. The van der Waals surface area contributed by atoms with Crippen molar-refractivity contribution in [2.24, 2.45) is 5.92 Å². The molecule has 0 spiro atoms. The Labute approximate surface area is 257 Å². The Morgan fingerprint density at radius 3 is 2.40 bits per heavy atom. The lowest BCUT2D eigenvalue weighted by Crippen LogP contribution is -2.33. The molecule has 3 aromatic carbocycles. The smallest absolute Gasteiger partial charge is 0.124 e. The molecule has 1 fully saturated rings. The maximum absolute atomic E-state index is 6.33. The fourth-order valence-corrected chi connectivity index (χ4v) is 6.42. The van der Waals surface area contributed by atoms with Crippen LogP contribution in [-0.4, -0.2) is 33.2 Å². The van der Waals surface area contributed by atoms with Crippen LogP contribution >= 0.6 is 23.2 Å². The molecule has 7 heteroatoms. The van der Waals surface area contributed by atoms with Crippen molar-refractivity contribution in [1.82, 2.24) is 20.1 Å². The first-order chi connectivity index (χ1) is 20.5. The van der Waals surface area contributed by atoms with Crippen LogP contribution in [0.1, 0.15) is 53.8 Å². The molecule has 1 unspecified atom stereocenters. The zero-order valence-electron chi connectivity index (χ0n) is 23.6. The van der Waals surface area contributed by atoms with Crippen molar-refractivity contribution in [1.29, 1.82) is 0 Å². The van der Waals surface area contributed by atoms with Crippen LogP contribution in [0.2, 0.25) is 10.0 Å². The summed E-state index contributed by atoms with van der Waals surface area (Å²) in [5, 5.41) is 9.58. The van der Waals surface area contributed by atoms with E-state index in [2.05, 4.69) is 80.8 Å². The van der Waals surface area contributed by atoms with Gasteiger partial charge in [0.25, 0.3) is 0 Å². The van der Waals surface area contributed by atoms with Crippen LogP contribution < -0.4 is 4.74 Å². The Balaban J connectivity index is 1.06. The first kappa shape index (κ1) is 28.5. The van der Waals surface area contributed by atoms with Crippen LogP contribution in [0.3, 0.4) is 0 Å². The Bertz CT molecular complexity index is 1640. The molecular weight excluding hydrogens is 563 g/mol. The zero-order chi connectivity index (χ0) is 28.9. The second-order valence-electron chi connectivity index (χ2n) is 11.1. The number of nitrogens with zero attached hydrogens (tertiary/aromatic N) is 3. The molecule has 0 amide bonds. The maximum Gasteiger partial charge on any atom is 0.124 e. The van der Waals surface area contributed by atoms with Crippen molar-refractivity contribution in [3.05, 3.63) is 123 Å². The Hall–Kier alpha value is -3.64. The summed E-state index contributed by atoms with van der Waals surface area (Å²) in [6, 6.07) is 25.6. The summed E-state index contributed by atoms with van der Waals surface area (Å²) in [6.07, 6.45) is 10.7. The summed E-state index contributed by atoms with van der Waals surface area (Å²) in [6.45, 7) is 5.26. The van der Waals surface area contributed by atoms with Gasteiger partial charge in [0.05, 0.1) is 21.3 Å². The molecule has 1 saturated heterocycles. The van der Waals surface area contributed by atoms with Crippen molar-refractivity contribution < 1.29 is 4.74 Å². The molecule has 5 nitrogen and oxygen atoms in total. The summed E-state index contributed by atoms with van der Waals surface area (Å²) >= 11 is 12.7. The SMILES string of the molecule is CC(Oc1ccc2[nH]nc(/C=C/c3ccc(CN4CCC(Cc5ccccc5)CC4)cc3)c2c1)c1c(Cl)cncc1Cl.